The van der Waals surface area contributed by atoms with Crippen LogP contribution in [0.3, 0.4) is 0 Å². The number of nitrogens with zero attached hydrogens (tertiary/aromatic N) is 10. The molecule has 650 valence electrons. The molecule has 0 radical (unpaired) electrons. The second kappa shape index (κ2) is 37.9. The molecule has 0 bridgehead atoms. The molecule has 30 heteroatoms. The zero-order valence-electron chi connectivity index (χ0n) is 71.2. The van der Waals surface area contributed by atoms with Gasteiger partial charge in [-0.3, -0.25) is 44.7 Å². The van der Waals surface area contributed by atoms with Crippen LogP contribution >= 0.6 is 34.3 Å². The number of piperazine rings is 1. The number of hydrogen-bond acceptors (Lipinski definition) is 22. The fourth-order valence-electron chi connectivity index (χ4n) is 16.3. The molecular formula is C95H99ClF3N13O11S2. The number of nitrogens with one attached hydrogen (secondary N) is 3. The van der Waals surface area contributed by atoms with Gasteiger partial charge in [-0.1, -0.05) is 95.5 Å². The minimum atomic E-state index is -4.43. The Labute approximate surface area is 735 Å². The smallest absolute Gasteiger partial charge is 0.405 e. The third-order valence-electron chi connectivity index (χ3n) is 22.5. The van der Waals surface area contributed by atoms with Gasteiger partial charge in [-0.2, -0.15) is 18.3 Å². The molecular weight excluding hydrogens is 1660 g/mol. The number of carbonyl (C=O) groups is 6. The van der Waals surface area contributed by atoms with Crippen LogP contribution in [-0.2, 0) is 52.0 Å². The van der Waals surface area contributed by atoms with Crippen LogP contribution in [0.25, 0.3) is 53.6 Å². The Bertz CT molecular complexity index is 6000. The third-order valence-corrected chi connectivity index (χ3v) is 24.6. The molecule has 4 amide bonds. The van der Waals surface area contributed by atoms with Gasteiger partial charge in [0.1, 0.15) is 46.1 Å². The summed E-state index contributed by atoms with van der Waals surface area (Å²) < 4.78 is 77.4. The molecule has 2 fully saturated rings. The SMILES string of the molecule is Cc1c(OCCCCl)cccc1-c1ccc(N2CCc3cccc(C(=O)Nc4nc5ccccc5s4)c3C2)nc1C(=O)OC(C)(C)C.Cc1c(OCCCN2CCN(CCCOc3ccc4c(C5CCC(=O)NC5=O)nn(C)c4c3)C(C(F)(F)F)C2)cccc1-c1ccc(N2CCc3cccc(C(=O)Nc4nc5ccccc5s4)c3C2)nc1C(=O)OC(C)(C)C. The lowest BCUT2D eigenvalue weighted by Crippen LogP contribution is -2.59. The maximum absolute atomic E-state index is 14.6. The molecule has 2 saturated heterocycles. The highest BCUT2D eigenvalue weighted by atomic mass is 35.5. The number of esters is 2. The molecule has 24 nitrogen and oxygen atoms in total. The molecule has 12 aromatic rings. The van der Waals surface area contributed by atoms with Crippen LogP contribution in [0.4, 0.5) is 35.1 Å². The van der Waals surface area contributed by atoms with E-state index in [1.165, 1.54) is 27.6 Å². The van der Waals surface area contributed by atoms with E-state index in [4.69, 9.17) is 45.3 Å². The summed E-state index contributed by atoms with van der Waals surface area (Å²) in [6.07, 6.45) is -0.828. The van der Waals surface area contributed by atoms with Crippen LogP contribution in [0.15, 0.2) is 164 Å². The average Bonchev–Trinajstić information content (AvgIpc) is 1.76. The average molecular weight is 1760 g/mol. The highest BCUT2D eigenvalue weighted by Gasteiger charge is 2.46. The zero-order valence-corrected chi connectivity index (χ0v) is 73.6. The number of halogens is 4. The summed E-state index contributed by atoms with van der Waals surface area (Å²) >= 11 is 8.72. The van der Waals surface area contributed by atoms with Crippen molar-refractivity contribution in [2.75, 3.05) is 91.9 Å². The maximum atomic E-state index is 14.6. The first-order valence-corrected chi connectivity index (χ1v) is 44.2. The Morgan fingerprint density at radius 2 is 1.07 bits per heavy atom. The van der Waals surface area contributed by atoms with Crippen LogP contribution in [-0.4, -0.2) is 170 Å². The number of imide groups is 1. The van der Waals surface area contributed by atoms with E-state index in [2.05, 4.69) is 46.9 Å². The monoisotopic (exact) mass is 1750 g/mol. The van der Waals surface area contributed by atoms with Gasteiger partial charge in [0.05, 0.1) is 57.4 Å². The molecule has 16 rings (SSSR count). The number of pyridine rings is 2. The maximum Gasteiger partial charge on any atom is 0.405 e. The summed E-state index contributed by atoms with van der Waals surface area (Å²) in [5.74, 6) is 0.801. The minimum Gasteiger partial charge on any atom is -0.493 e. The summed E-state index contributed by atoms with van der Waals surface area (Å²) in [6.45, 7) is 19.1. The number of thiazole rings is 2. The van der Waals surface area contributed by atoms with Crippen molar-refractivity contribution in [3.05, 3.63) is 225 Å². The Morgan fingerprint density at radius 3 is 1.58 bits per heavy atom. The Hall–Kier alpha value is -11.9. The number of hydrogen-bond donors (Lipinski definition) is 3. The van der Waals surface area contributed by atoms with Gasteiger partial charge in [-0.25, -0.2) is 29.5 Å². The van der Waals surface area contributed by atoms with Crippen LogP contribution in [0, 0.1) is 13.8 Å². The van der Waals surface area contributed by atoms with E-state index < -0.39 is 41.3 Å². The summed E-state index contributed by atoms with van der Waals surface area (Å²) in [5, 5.41) is 14.8. The van der Waals surface area contributed by atoms with Gasteiger partial charge in [0.15, 0.2) is 21.7 Å². The highest BCUT2D eigenvalue weighted by molar-refractivity contribution is 7.22. The molecule has 2 atom stereocenters. The molecule has 4 aliphatic rings. The summed E-state index contributed by atoms with van der Waals surface area (Å²) in [5.41, 5.74) is 11.4. The number of aryl methyl sites for hydroxylation is 1. The molecule has 4 aliphatic heterocycles. The molecule has 125 heavy (non-hydrogen) atoms. The van der Waals surface area contributed by atoms with E-state index in [1.807, 2.05) is 185 Å². The summed E-state index contributed by atoms with van der Waals surface area (Å²) in [7, 11) is 1.76. The lowest BCUT2D eigenvalue weighted by atomic mass is 9.93. The van der Waals surface area contributed by atoms with Gasteiger partial charge in [-0.05, 0) is 223 Å². The Kier molecular flexibility index (Phi) is 26.7. The molecule has 0 saturated carbocycles. The van der Waals surface area contributed by atoms with Gasteiger partial charge in [0.2, 0.25) is 11.8 Å². The van der Waals surface area contributed by atoms with Crippen molar-refractivity contribution in [1.82, 2.24) is 44.8 Å². The first-order chi connectivity index (χ1) is 60.0. The van der Waals surface area contributed by atoms with E-state index in [-0.39, 0.29) is 74.3 Å². The van der Waals surface area contributed by atoms with Gasteiger partial charge in [0.25, 0.3) is 11.8 Å². The van der Waals surface area contributed by atoms with Crippen LogP contribution in [0.2, 0.25) is 0 Å². The zero-order chi connectivity index (χ0) is 88.0. The van der Waals surface area contributed by atoms with Crippen molar-refractivity contribution < 1.29 is 65.6 Å². The van der Waals surface area contributed by atoms with Crippen molar-refractivity contribution in [3.8, 4) is 39.5 Å². The fraction of sp³-hybridized carbons (Fsp3) is 0.358. The highest BCUT2D eigenvalue weighted by Crippen LogP contribution is 2.41. The predicted octanol–water partition coefficient (Wildman–Crippen LogP) is 18.1. The first-order valence-electron chi connectivity index (χ1n) is 42.0. The van der Waals surface area contributed by atoms with E-state index in [1.54, 1.807) is 44.6 Å². The molecule has 5 aromatic heterocycles. The molecule has 0 aliphatic carbocycles. The topological polar surface area (TPSA) is 267 Å². The largest absolute Gasteiger partial charge is 0.493 e. The van der Waals surface area contributed by atoms with E-state index >= 15 is 0 Å². The molecule has 2 unspecified atom stereocenters. The summed E-state index contributed by atoms with van der Waals surface area (Å²) in [4.78, 5) is 106. The van der Waals surface area contributed by atoms with Crippen molar-refractivity contribution >= 4 is 123 Å². The second-order valence-electron chi connectivity index (χ2n) is 33.5. The number of anilines is 4. The number of aromatic nitrogens is 6. The number of carbonyl (C=O) groups excluding carboxylic acids is 6. The molecule has 9 heterocycles. The van der Waals surface area contributed by atoms with Crippen molar-refractivity contribution in [2.24, 2.45) is 7.05 Å². The number of alkyl halides is 4. The van der Waals surface area contributed by atoms with Crippen LogP contribution in [0.5, 0.6) is 17.2 Å². The van der Waals surface area contributed by atoms with Crippen molar-refractivity contribution in [3.63, 3.8) is 0 Å². The van der Waals surface area contributed by atoms with Gasteiger partial charge >= 0.3 is 18.1 Å². The fourth-order valence-corrected chi connectivity index (χ4v) is 18.2. The number of fused-ring (bicyclic) bond motifs is 5. The number of benzene rings is 7. The van der Waals surface area contributed by atoms with E-state index in [0.29, 0.717) is 139 Å². The number of amides is 4. The lowest BCUT2D eigenvalue weighted by molar-refractivity contribution is -0.197. The second-order valence-corrected chi connectivity index (χ2v) is 35.9. The van der Waals surface area contributed by atoms with Crippen molar-refractivity contribution in [1.29, 1.82) is 0 Å². The molecule has 3 N–H and O–H groups in total. The molecule has 7 aromatic carbocycles. The number of ether oxygens (including phenoxy) is 5. The van der Waals surface area contributed by atoms with Gasteiger partial charge < -0.3 is 38.4 Å². The van der Waals surface area contributed by atoms with Crippen molar-refractivity contribution in [2.45, 2.75) is 143 Å². The normalized spacial score (nSPS) is 15.8. The van der Waals surface area contributed by atoms with Gasteiger partial charge in [-0.15, -0.1) is 11.6 Å². The Balaban J connectivity index is 0.000000219. The third kappa shape index (κ3) is 20.7. The van der Waals surface area contributed by atoms with Crippen LogP contribution in [0.1, 0.15) is 160 Å². The lowest BCUT2D eigenvalue weighted by Gasteiger charge is -2.42. The predicted molar refractivity (Wildman–Crippen MR) is 481 cm³/mol. The Morgan fingerprint density at radius 1 is 0.560 bits per heavy atom. The van der Waals surface area contributed by atoms with Gasteiger partial charge in [0, 0.05) is 112 Å². The number of para-hydroxylation sites is 2. The standard InChI is InChI=1S/C58H62F3N9O7S.C37H37ClN4O4S/c1-35-38(39-20-22-49(63-52(39)55(74)77-57(2,3)4)70-27-24-36-12-8-14-40(43(36)33-70)53(72)65-56-62-44-15-6-7-17-47(44)78-56)13-9-16-46(35)76-31-10-25-68-28-29-69(48(34-68)58(59,60)61)26-11-30-75-37-18-19-41-45(32-37)67(5)66-51(41)42-21-23-50(71)64-54(42)73;1-23-25(11-8-14-30(23)45-21-9-19-38)26-16-17-32(40-33(26)35(44)46-37(2,3)4)42-20-18-24-10-7-12-27(28(24)22-42)34(43)41-36-39-29-13-5-6-15-31(29)47-36/h6-9,12-20,22,32,42,48H,10-11,21,23-31,33-34H2,1-5H3,(H,62,65,72)(H,64,71,73);5-8,10-17H,9,18-22H2,1-4H3,(H,39,41,43). The van der Waals surface area contributed by atoms with E-state index in [0.717, 1.165) is 94.4 Å². The first kappa shape index (κ1) is 88.0. The minimum absolute atomic E-state index is 0.132. The van der Waals surface area contributed by atoms with Crippen LogP contribution < -0.4 is 40.0 Å². The number of rotatable bonds is 25. The quantitative estimate of drug-likeness (QED) is 0.0208. The van der Waals surface area contributed by atoms with E-state index in [9.17, 15) is 41.9 Å². The number of piperidine rings is 1. The summed E-state index contributed by atoms with van der Waals surface area (Å²) in [6, 6.07) is 49.8. The molecule has 0 spiro atoms.